The molecule has 1 aliphatic carbocycles. The molecule has 0 aliphatic heterocycles. The molecule has 0 spiro atoms. The number of aliphatic carboxylic acids is 1. The molecule has 0 bridgehead atoms. The van der Waals surface area contributed by atoms with Crippen molar-refractivity contribution in [2.75, 3.05) is 5.32 Å². The van der Waals surface area contributed by atoms with Crippen LogP contribution in [0.5, 0.6) is 0 Å². The number of carboxylic acid groups (broad SMARTS) is 1. The Balaban J connectivity index is 2.22. The Morgan fingerprint density at radius 1 is 1.44 bits per heavy atom. The lowest BCUT2D eigenvalue weighted by molar-refractivity contribution is -0.145. The van der Waals surface area contributed by atoms with Crippen LogP contribution in [-0.4, -0.2) is 21.6 Å². The first-order valence-electron chi connectivity index (χ1n) is 5.38. The average Bonchev–Trinajstić information content (AvgIpc) is 2.22. The summed E-state index contributed by atoms with van der Waals surface area (Å²) in [5.74, 6) is -1.13. The van der Waals surface area contributed by atoms with Crippen molar-refractivity contribution in [3.8, 4) is 0 Å². The van der Waals surface area contributed by atoms with Gasteiger partial charge in [0.15, 0.2) is 0 Å². The number of halogens is 3. The number of rotatable bonds is 3. The van der Waals surface area contributed by atoms with Crippen molar-refractivity contribution in [3.63, 3.8) is 0 Å². The lowest BCUT2D eigenvalue weighted by Crippen LogP contribution is -2.52. The van der Waals surface area contributed by atoms with E-state index in [0.717, 1.165) is 24.8 Å². The van der Waals surface area contributed by atoms with E-state index in [1.807, 2.05) is 0 Å². The van der Waals surface area contributed by atoms with Gasteiger partial charge in [0.2, 0.25) is 0 Å². The zero-order valence-electron chi connectivity index (χ0n) is 9.29. The minimum Gasteiger partial charge on any atom is -0.480 e. The van der Waals surface area contributed by atoms with Gasteiger partial charge in [-0.2, -0.15) is 13.2 Å². The van der Waals surface area contributed by atoms with Crippen LogP contribution in [0.2, 0.25) is 0 Å². The van der Waals surface area contributed by atoms with Crippen LogP contribution in [0, 0.1) is 0 Å². The molecule has 2 rings (SSSR count). The zero-order valence-corrected chi connectivity index (χ0v) is 9.29. The lowest BCUT2D eigenvalue weighted by Gasteiger charge is -2.38. The fourth-order valence-electron chi connectivity index (χ4n) is 1.84. The molecule has 0 unspecified atom stereocenters. The van der Waals surface area contributed by atoms with Crippen LogP contribution >= 0.6 is 0 Å². The van der Waals surface area contributed by atoms with Gasteiger partial charge in [-0.25, -0.2) is 9.78 Å². The summed E-state index contributed by atoms with van der Waals surface area (Å²) < 4.78 is 37.4. The number of hydrogen-bond acceptors (Lipinski definition) is 3. The standard InChI is InChI=1S/C11H11F3N2O2/c12-11(13,14)7-2-5-15-8(6-7)16-10(9(17)18)3-1-4-10/h2,5-6H,1,3-4H2,(H,15,16)(H,17,18). The summed E-state index contributed by atoms with van der Waals surface area (Å²) in [6.45, 7) is 0. The van der Waals surface area contributed by atoms with E-state index in [2.05, 4.69) is 10.3 Å². The second-order valence-corrected chi connectivity index (χ2v) is 4.29. The minimum absolute atomic E-state index is 0.0630. The molecule has 1 fully saturated rings. The number of carbonyl (C=O) groups is 1. The molecule has 1 saturated carbocycles. The molecule has 0 aromatic carbocycles. The van der Waals surface area contributed by atoms with Gasteiger partial charge >= 0.3 is 12.1 Å². The highest BCUT2D eigenvalue weighted by Crippen LogP contribution is 2.36. The SMILES string of the molecule is O=C(O)C1(Nc2cc(C(F)(F)F)ccn2)CCC1. The Bertz CT molecular complexity index is 470. The fourth-order valence-corrected chi connectivity index (χ4v) is 1.84. The van der Waals surface area contributed by atoms with Crippen LogP contribution in [-0.2, 0) is 11.0 Å². The number of nitrogens with one attached hydrogen (secondary N) is 1. The van der Waals surface area contributed by atoms with E-state index in [9.17, 15) is 18.0 Å². The third-order valence-electron chi connectivity index (χ3n) is 3.07. The van der Waals surface area contributed by atoms with Crippen molar-refractivity contribution in [3.05, 3.63) is 23.9 Å². The van der Waals surface area contributed by atoms with Gasteiger partial charge in [-0.05, 0) is 31.4 Å². The van der Waals surface area contributed by atoms with E-state index < -0.39 is 23.2 Å². The molecule has 2 N–H and O–H groups in total. The molecule has 1 aromatic rings. The highest BCUT2D eigenvalue weighted by Gasteiger charge is 2.45. The Morgan fingerprint density at radius 2 is 2.11 bits per heavy atom. The van der Waals surface area contributed by atoms with Crippen molar-refractivity contribution in [1.82, 2.24) is 4.98 Å². The largest absolute Gasteiger partial charge is 0.480 e. The minimum atomic E-state index is -4.46. The van der Waals surface area contributed by atoms with Crippen LogP contribution in [0.3, 0.4) is 0 Å². The quantitative estimate of drug-likeness (QED) is 0.876. The van der Waals surface area contributed by atoms with Gasteiger partial charge in [0.1, 0.15) is 11.4 Å². The van der Waals surface area contributed by atoms with E-state index in [1.54, 1.807) is 0 Å². The second-order valence-electron chi connectivity index (χ2n) is 4.29. The third-order valence-corrected chi connectivity index (χ3v) is 3.07. The van der Waals surface area contributed by atoms with E-state index in [0.29, 0.717) is 12.8 Å². The molecule has 7 heteroatoms. The molecule has 1 aliphatic rings. The fraction of sp³-hybridized carbons (Fsp3) is 0.455. The average molecular weight is 260 g/mol. The first kappa shape index (κ1) is 12.7. The molecule has 1 aromatic heterocycles. The van der Waals surface area contributed by atoms with E-state index in [1.165, 1.54) is 0 Å². The van der Waals surface area contributed by atoms with E-state index in [-0.39, 0.29) is 5.82 Å². The van der Waals surface area contributed by atoms with Gasteiger partial charge in [-0.1, -0.05) is 0 Å². The monoisotopic (exact) mass is 260 g/mol. The highest BCUT2D eigenvalue weighted by atomic mass is 19.4. The number of pyridine rings is 1. The van der Waals surface area contributed by atoms with Crippen LogP contribution in [0.25, 0.3) is 0 Å². The predicted molar refractivity (Wildman–Crippen MR) is 57.1 cm³/mol. The summed E-state index contributed by atoms with van der Waals surface area (Å²) in [5.41, 5.74) is -2.02. The second kappa shape index (κ2) is 4.15. The molecule has 18 heavy (non-hydrogen) atoms. The predicted octanol–water partition coefficient (Wildman–Crippen LogP) is 2.52. The smallest absolute Gasteiger partial charge is 0.416 e. The summed E-state index contributed by atoms with van der Waals surface area (Å²) >= 11 is 0. The summed E-state index contributed by atoms with van der Waals surface area (Å²) in [7, 11) is 0. The summed E-state index contributed by atoms with van der Waals surface area (Å²) in [6, 6.07) is 1.67. The first-order valence-corrected chi connectivity index (χ1v) is 5.38. The Labute approximate surface area is 101 Å². The number of carboxylic acids is 1. The zero-order chi connectivity index (χ0) is 13.4. The van der Waals surface area contributed by atoms with Crippen molar-refractivity contribution in [1.29, 1.82) is 0 Å². The van der Waals surface area contributed by atoms with Gasteiger partial charge in [-0.15, -0.1) is 0 Å². The number of alkyl halides is 3. The van der Waals surface area contributed by atoms with Gasteiger partial charge in [0.05, 0.1) is 5.56 Å². The van der Waals surface area contributed by atoms with Gasteiger partial charge in [0, 0.05) is 6.20 Å². The summed E-state index contributed by atoms with van der Waals surface area (Å²) in [4.78, 5) is 14.8. The van der Waals surface area contributed by atoms with Crippen LogP contribution in [0.15, 0.2) is 18.3 Å². The molecule has 0 atom stereocenters. The molecule has 4 nitrogen and oxygen atoms in total. The van der Waals surface area contributed by atoms with Crippen molar-refractivity contribution >= 4 is 11.8 Å². The van der Waals surface area contributed by atoms with Crippen molar-refractivity contribution in [2.45, 2.75) is 31.0 Å². The molecular formula is C11H11F3N2O2. The molecule has 0 radical (unpaired) electrons. The van der Waals surface area contributed by atoms with Crippen LogP contribution in [0.1, 0.15) is 24.8 Å². The van der Waals surface area contributed by atoms with Crippen LogP contribution < -0.4 is 5.32 Å². The Hall–Kier alpha value is -1.79. The number of aromatic nitrogens is 1. The summed E-state index contributed by atoms with van der Waals surface area (Å²) in [5, 5.41) is 11.7. The molecular weight excluding hydrogens is 249 g/mol. The van der Waals surface area contributed by atoms with E-state index >= 15 is 0 Å². The Kier molecular flexibility index (Phi) is 2.92. The van der Waals surface area contributed by atoms with E-state index in [4.69, 9.17) is 5.11 Å². The maximum absolute atomic E-state index is 12.5. The Morgan fingerprint density at radius 3 is 2.56 bits per heavy atom. The normalized spacial score (nSPS) is 17.9. The highest BCUT2D eigenvalue weighted by molar-refractivity contribution is 5.83. The van der Waals surface area contributed by atoms with Gasteiger partial charge in [-0.3, -0.25) is 0 Å². The molecule has 0 saturated heterocycles. The first-order chi connectivity index (χ1) is 8.33. The number of hydrogen-bond donors (Lipinski definition) is 2. The maximum atomic E-state index is 12.5. The number of nitrogens with zero attached hydrogens (tertiary/aromatic N) is 1. The topological polar surface area (TPSA) is 62.2 Å². The van der Waals surface area contributed by atoms with Gasteiger partial charge in [0.25, 0.3) is 0 Å². The summed E-state index contributed by atoms with van der Waals surface area (Å²) in [6.07, 6.45) is -1.94. The van der Waals surface area contributed by atoms with Crippen molar-refractivity contribution in [2.24, 2.45) is 0 Å². The van der Waals surface area contributed by atoms with Gasteiger partial charge < -0.3 is 10.4 Å². The van der Waals surface area contributed by atoms with Crippen molar-refractivity contribution < 1.29 is 23.1 Å². The third kappa shape index (κ3) is 2.25. The lowest BCUT2D eigenvalue weighted by atomic mass is 9.77. The maximum Gasteiger partial charge on any atom is 0.416 e. The molecule has 1 heterocycles. The number of anilines is 1. The molecule has 0 amide bonds. The molecule has 98 valence electrons. The van der Waals surface area contributed by atoms with Crippen LogP contribution in [0.4, 0.5) is 19.0 Å².